The van der Waals surface area contributed by atoms with Crippen LogP contribution in [-0.4, -0.2) is 37.9 Å². The molecule has 0 aliphatic carbocycles. The molecule has 1 atom stereocenters. The van der Waals surface area contributed by atoms with Gasteiger partial charge in [-0.15, -0.1) is 0 Å². The second kappa shape index (κ2) is 54.4. The molecule has 0 amide bonds. The smallest absolute Gasteiger partial charge is 0.306 e. The number of ether oxygens (including phenoxy) is 3. The van der Waals surface area contributed by atoms with E-state index in [9.17, 15) is 9.59 Å². The molecule has 0 aromatic rings. The van der Waals surface area contributed by atoms with Gasteiger partial charge in [0.25, 0.3) is 0 Å². The lowest BCUT2D eigenvalue weighted by atomic mass is 10.1. The first-order valence-electron chi connectivity index (χ1n) is 27.1. The molecule has 5 heteroatoms. The maximum atomic E-state index is 12.8. The van der Waals surface area contributed by atoms with Crippen molar-refractivity contribution in [2.24, 2.45) is 0 Å². The van der Waals surface area contributed by atoms with Gasteiger partial charge in [0, 0.05) is 19.4 Å². The van der Waals surface area contributed by atoms with E-state index in [-0.39, 0.29) is 25.2 Å². The van der Waals surface area contributed by atoms with Crippen LogP contribution in [0, 0.1) is 0 Å². The van der Waals surface area contributed by atoms with Crippen molar-refractivity contribution in [2.75, 3.05) is 19.8 Å². The highest BCUT2D eigenvalue weighted by molar-refractivity contribution is 5.70. The first-order chi connectivity index (χ1) is 31.6. The minimum absolute atomic E-state index is 0.0611. The Morgan fingerprint density at radius 2 is 0.703 bits per heavy atom. The summed E-state index contributed by atoms with van der Waals surface area (Å²) in [5.41, 5.74) is 0. The number of allylic oxidation sites excluding steroid dienone is 14. The molecule has 1 unspecified atom stereocenters. The van der Waals surface area contributed by atoms with Gasteiger partial charge in [0.2, 0.25) is 0 Å². The van der Waals surface area contributed by atoms with Gasteiger partial charge in [-0.05, 0) is 109 Å². The lowest BCUT2D eigenvalue weighted by Gasteiger charge is -2.18. The molecule has 0 aromatic heterocycles. The van der Waals surface area contributed by atoms with E-state index in [0.29, 0.717) is 19.4 Å². The predicted molar refractivity (Wildman–Crippen MR) is 279 cm³/mol. The summed E-state index contributed by atoms with van der Waals surface area (Å²) in [4.78, 5) is 25.4. The quantitative estimate of drug-likeness (QED) is 0.0346. The lowest BCUT2D eigenvalue weighted by molar-refractivity contribution is -0.163. The minimum Gasteiger partial charge on any atom is -0.462 e. The zero-order chi connectivity index (χ0) is 46.3. The first kappa shape index (κ1) is 61.1. The van der Waals surface area contributed by atoms with E-state index in [1.807, 2.05) is 0 Å². The van der Waals surface area contributed by atoms with Crippen LogP contribution in [0.4, 0.5) is 0 Å². The maximum absolute atomic E-state index is 12.8. The van der Waals surface area contributed by atoms with Gasteiger partial charge in [0.05, 0.1) is 6.61 Å². The van der Waals surface area contributed by atoms with Crippen molar-refractivity contribution < 1.29 is 23.8 Å². The van der Waals surface area contributed by atoms with E-state index in [1.54, 1.807) is 0 Å². The Balaban J connectivity index is 4.29. The van der Waals surface area contributed by atoms with E-state index in [1.165, 1.54) is 116 Å². The van der Waals surface area contributed by atoms with Gasteiger partial charge in [-0.25, -0.2) is 0 Å². The summed E-state index contributed by atoms with van der Waals surface area (Å²) in [6, 6.07) is 0. The first-order valence-corrected chi connectivity index (χ1v) is 27.1. The molecule has 368 valence electrons. The van der Waals surface area contributed by atoms with Crippen LogP contribution in [0.1, 0.15) is 252 Å². The number of esters is 2. The summed E-state index contributed by atoms with van der Waals surface area (Å²) in [5.74, 6) is -0.449. The van der Waals surface area contributed by atoms with Gasteiger partial charge >= 0.3 is 11.9 Å². The van der Waals surface area contributed by atoms with Crippen LogP contribution in [0.5, 0.6) is 0 Å². The van der Waals surface area contributed by atoms with Gasteiger partial charge in [0.15, 0.2) is 6.10 Å². The van der Waals surface area contributed by atoms with Gasteiger partial charge in [-0.2, -0.15) is 0 Å². The minimum atomic E-state index is -0.563. The van der Waals surface area contributed by atoms with E-state index >= 15 is 0 Å². The Kier molecular flexibility index (Phi) is 51.9. The van der Waals surface area contributed by atoms with Crippen molar-refractivity contribution >= 4 is 11.9 Å². The van der Waals surface area contributed by atoms with E-state index in [4.69, 9.17) is 14.2 Å². The van der Waals surface area contributed by atoms with E-state index < -0.39 is 6.10 Å². The van der Waals surface area contributed by atoms with Crippen LogP contribution in [0.2, 0.25) is 0 Å². The highest BCUT2D eigenvalue weighted by atomic mass is 16.6. The van der Waals surface area contributed by atoms with Crippen molar-refractivity contribution in [1.82, 2.24) is 0 Å². The summed E-state index contributed by atoms with van der Waals surface area (Å²) in [7, 11) is 0. The Bertz CT molecular complexity index is 1190. The third-order valence-corrected chi connectivity index (χ3v) is 11.4. The summed E-state index contributed by atoms with van der Waals surface area (Å²) in [6.45, 7) is 7.56. The zero-order valence-electron chi connectivity index (χ0n) is 42.3. The molecule has 64 heavy (non-hydrogen) atoms. The number of carbonyl (C=O) groups excluding carboxylic acids is 2. The Hall–Kier alpha value is -2.92. The maximum Gasteiger partial charge on any atom is 0.306 e. The topological polar surface area (TPSA) is 61.8 Å². The van der Waals surface area contributed by atoms with Crippen LogP contribution in [0.3, 0.4) is 0 Å². The number of carbonyl (C=O) groups is 2. The summed E-state index contributed by atoms with van der Waals surface area (Å²) < 4.78 is 17.4. The monoisotopic (exact) mass is 891 g/mol. The molecule has 0 bridgehead atoms. The van der Waals surface area contributed by atoms with Crippen molar-refractivity contribution in [3.63, 3.8) is 0 Å². The van der Waals surface area contributed by atoms with Gasteiger partial charge in [-0.3, -0.25) is 9.59 Å². The summed E-state index contributed by atoms with van der Waals surface area (Å²) in [6.07, 6.45) is 71.8. The molecule has 0 aromatic carbocycles. The summed E-state index contributed by atoms with van der Waals surface area (Å²) >= 11 is 0. The van der Waals surface area contributed by atoms with Crippen LogP contribution in [0.15, 0.2) is 85.1 Å². The van der Waals surface area contributed by atoms with Crippen molar-refractivity contribution in [3.8, 4) is 0 Å². The molecule has 0 spiro atoms. The van der Waals surface area contributed by atoms with Crippen LogP contribution < -0.4 is 0 Å². The van der Waals surface area contributed by atoms with Crippen molar-refractivity contribution in [1.29, 1.82) is 0 Å². The van der Waals surface area contributed by atoms with Crippen LogP contribution >= 0.6 is 0 Å². The molecular weight excluding hydrogens is 789 g/mol. The third-order valence-electron chi connectivity index (χ3n) is 11.4. The fraction of sp³-hybridized carbons (Fsp3) is 0.729. The van der Waals surface area contributed by atoms with Crippen molar-refractivity contribution in [2.45, 2.75) is 258 Å². The molecule has 0 aliphatic rings. The number of rotatable bonds is 49. The normalized spacial score (nSPS) is 12.9. The highest BCUT2D eigenvalue weighted by Crippen LogP contribution is 2.14. The zero-order valence-corrected chi connectivity index (χ0v) is 42.3. The molecule has 5 nitrogen and oxygen atoms in total. The average molecular weight is 891 g/mol. The fourth-order valence-corrected chi connectivity index (χ4v) is 7.42. The van der Waals surface area contributed by atoms with Crippen molar-refractivity contribution in [3.05, 3.63) is 85.1 Å². The second-order valence-electron chi connectivity index (χ2n) is 17.7. The molecule has 0 N–H and O–H groups in total. The molecule has 0 saturated heterocycles. The molecule has 0 rings (SSSR count). The molecule has 0 aliphatic heterocycles. The van der Waals surface area contributed by atoms with Gasteiger partial charge in [0.1, 0.15) is 6.61 Å². The Morgan fingerprint density at radius 3 is 1.16 bits per heavy atom. The Morgan fingerprint density at radius 1 is 0.359 bits per heavy atom. The molecule has 0 saturated carbocycles. The summed E-state index contributed by atoms with van der Waals surface area (Å²) in [5, 5.41) is 0. The number of hydrogen-bond donors (Lipinski definition) is 0. The van der Waals surface area contributed by atoms with E-state index in [0.717, 1.165) is 103 Å². The number of hydrogen-bond acceptors (Lipinski definition) is 5. The molecule has 0 radical (unpaired) electrons. The average Bonchev–Trinajstić information content (AvgIpc) is 3.30. The SMILES string of the molecule is CC/C=C\C/C=C\C/C=C\CCCCCCCC(=O)OCC(COCCCCCCCCCCCC/C=C\CCCCCCCC)OC(=O)CCCCC/C=C\C/C=C\C/C=C\CC. The van der Waals surface area contributed by atoms with Gasteiger partial charge < -0.3 is 14.2 Å². The van der Waals surface area contributed by atoms with Crippen LogP contribution in [0.25, 0.3) is 0 Å². The number of unbranched alkanes of at least 4 members (excludes halogenated alkanes) is 24. The van der Waals surface area contributed by atoms with E-state index in [2.05, 4.69) is 106 Å². The lowest BCUT2D eigenvalue weighted by Crippen LogP contribution is -2.30. The second-order valence-corrected chi connectivity index (χ2v) is 17.7. The van der Waals surface area contributed by atoms with Gasteiger partial charge in [-0.1, -0.05) is 215 Å². The molecular formula is C59H102O5. The Labute approximate surface area is 397 Å². The molecule has 0 heterocycles. The highest BCUT2D eigenvalue weighted by Gasteiger charge is 2.17. The standard InChI is InChI=1S/C59H102O5/c1-4-7-10-13-16-19-22-25-27-28-29-30-31-33-36-39-42-45-48-51-54-62-55-57(64-59(61)53-50-47-44-41-38-34-24-21-18-15-12-9-6-3)56-63-58(60)52-49-46-43-40-37-35-32-26-23-20-17-14-11-8-5-2/h8-9,11-12,17-18,20-21,25-27,32,34,38,57H,4-7,10,13-16,19,22-24,28-31,33,35-37,39-56H2,1-3H3/b11-8-,12-9-,20-17-,21-18-,27-25-,32-26-,38-34-. The largest absolute Gasteiger partial charge is 0.462 e. The van der Waals surface area contributed by atoms with Crippen LogP contribution in [-0.2, 0) is 23.8 Å². The fourth-order valence-electron chi connectivity index (χ4n) is 7.42. The third kappa shape index (κ3) is 51.7. The predicted octanol–water partition coefficient (Wildman–Crippen LogP) is 18.5. The molecule has 0 fully saturated rings.